The van der Waals surface area contributed by atoms with Crippen molar-refractivity contribution in [3.63, 3.8) is 0 Å². The molecule has 3 rings (SSSR count). The highest BCUT2D eigenvalue weighted by Gasteiger charge is 2.09. The minimum absolute atomic E-state index is 0.598. The van der Waals surface area contributed by atoms with Crippen molar-refractivity contribution in [2.24, 2.45) is 0 Å². The summed E-state index contributed by atoms with van der Waals surface area (Å²) in [5.41, 5.74) is 8.47. The zero-order chi connectivity index (χ0) is 13.2. The first-order valence-corrected chi connectivity index (χ1v) is 5.92. The average Bonchev–Trinajstić information content (AvgIpc) is 2.89. The summed E-state index contributed by atoms with van der Waals surface area (Å²) in [4.78, 5) is 13.0. The Kier molecular flexibility index (Phi) is 2.72. The van der Waals surface area contributed by atoms with Crippen LogP contribution in [0.1, 0.15) is 5.56 Å². The second kappa shape index (κ2) is 4.53. The topological polar surface area (TPSA) is 69.6 Å². The van der Waals surface area contributed by atoms with Crippen LogP contribution in [0, 0.1) is 6.92 Å². The first kappa shape index (κ1) is 11.4. The Balaban J connectivity index is 2.10. The maximum Gasteiger partial charge on any atom is 0.235 e. The molecule has 94 valence electrons. The number of nitrogen functional groups attached to an aromatic ring is 1. The fourth-order valence-electron chi connectivity index (χ4n) is 1.87. The molecule has 1 aromatic carbocycles. The summed E-state index contributed by atoms with van der Waals surface area (Å²) in [5.74, 6) is 1.37. The molecule has 0 aliphatic carbocycles. The van der Waals surface area contributed by atoms with Crippen LogP contribution in [0.15, 0.2) is 49.1 Å². The van der Waals surface area contributed by atoms with Gasteiger partial charge >= 0.3 is 0 Å². The summed E-state index contributed by atoms with van der Waals surface area (Å²) >= 11 is 0. The standard InChI is InChI=1S/C14H13N5/c1-10-8-17-14(18-9-10)19-6-5-16-13(19)11-3-2-4-12(15)7-11/h2-9H,15H2,1H3. The molecular formula is C14H13N5. The van der Waals surface area contributed by atoms with E-state index in [9.17, 15) is 0 Å². The third-order valence-corrected chi connectivity index (χ3v) is 2.77. The molecule has 0 fully saturated rings. The summed E-state index contributed by atoms with van der Waals surface area (Å²) in [6, 6.07) is 7.59. The van der Waals surface area contributed by atoms with Gasteiger partial charge in [-0.15, -0.1) is 0 Å². The molecule has 5 nitrogen and oxygen atoms in total. The van der Waals surface area contributed by atoms with Crippen LogP contribution in [0.3, 0.4) is 0 Å². The quantitative estimate of drug-likeness (QED) is 0.709. The Labute approximate surface area is 110 Å². The molecule has 2 heterocycles. The zero-order valence-electron chi connectivity index (χ0n) is 10.5. The van der Waals surface area contributed by atoms with E-state index in [2.05, 4.69) is 15.0 Å². The van der Waals surface area contributed by atoms with Crippen LogP contribution in [-0.2, 0) is 0 Å². The second-order valence-electron chi connectivity index (χ2n) is 4.31. The number of aromatic nitrogens is 4. The van der Waals surface area contributed by atoms with Crippen molar-refractivity contribution < 1.29 is 0 Å². The fourth-order valence-corrected chi connectivity index (χ4v) is 1.87. The molecule has 0 saturated carbocycles. The smallest absolute Gasteiger partial charge is 0.235 e. The molecule has 0 radical (unpaired) electrons. The fraction of sp³-hybridized carbons (Fsp3) is 0.0714. The Morgan fingerprint density at radius 3 is 2.63 bits per heavy atom. The number of hydrogen-bond donors (Lipinski definition) is 1. The van der Waals surface area contributed by atoms with Crippen LogP contribution in [0.2, 0.25) is 0 Å². The first-order valence-electron chi connectivity index (χ1n) is 5.92. The van der Waals surface area contributed by atoms with E-state index < -0.39 is 0 Å². The average molecular weight is 251 g/mol. The molecule has 0 bridgehead atoms. The lowest BCUT2D eigenvalue weighted by Crippen LogP contribution is -2.02. The monoisotopic (exact) mass is 251 g/mol. The molecule has 19 heavy (non-hydrogen) atoms. The summed E-state index contributed by atoms with van der Waals surface area (Å²) < 4.78 is 1.84. The molecule has 0 spiro atoms. The predicted octanol–water partition coefficient (Wildman–Crippen LogP) is 2.22. The van der Waals surface area contributed by atoms with Crippen molar-refractivity contribution in [2.45, 2.75) is 6.92 Å². The summed E-state index contributed by atoms with van der Waals surface area (Å²) in [6.45, 7) is 1.95. The number of aryl methyl sites for hydroxylation is 1. The highest BCUT2D eigenvalue weighted by molar-refractivity contribution is 5.62. The number of hydrogen-bond acceptors (Lipinski definition) is 4. The van der Waals surface area contributed by atoms with Gasteiger partial charge in [0.25, 0.3) is 0 Å². The van der Waals surface area contributed by atoms with Crippen molar-refractivity contribution in [1.29, 1.82) is 0 Å². The van der Waals surface area contributed by atoms with Crippen LogP contribution in [-0.4, -0.2) is 19.5 Å². The molecule has 0 saturated heterocycles. The summed E-state index contributed by atoms with van der Waals surface area (Å²) in [6.07, 6.45) is 7.13. The van der Waals surface area contributed by atoms with Gasteiger partial charge in [-0.2, -0.15) is 0 Å². The van der Waals surface area contributed by atoms with E-state index in [1.165, 1.54) is 0 Å². The van der Waals surface area contributed by atoms with Gasteiger partial charge < -0.3 is 5.73 Å². The molecule has 0 aliphatic heterocycles. The Bertz CT molecular complexity index is 700. The summed E-state index contributed by atoms with van der Waals surface area (Å²) in [5, 5.41) is 0. The lowest BCUT2D eigenvalue weighted by atomic mass is 10.2. The van der Waals surface area contributed by atoms with Crippen LogP contribution in [0.4, 0.5) is 5.69 Å². The number of benzene rings is 1. The maximum atomic E-state index is 5.81. The van der Waals surface area contributed by atoms with Crippen molar-refractivity contribution in [1.82, 2.24) is 19.5 Å². The van der Waals surface area contributed by atoms with E-state index in [1.807, 2.05) is 42.0 Å². The van der Waals surface area contributed by atoms with Crippen molar-refractivity contribution in [3.05, 3.63) is 54.6 Å². The number of anilines is 1. The predicted molar refractivity (Wildman–Crippen MR) is 73.7 cm³/mol. The Hall–Kier alpha value is -2.69. The highest BCUT2D eigenvalue weighted by Crippen LogP contribution is 2.21. The van der Waals surface area contributed by atoms with Crippen LogP contribution in [0.25, 0.3) is 17.3 Å². The van der Waals surface area contributed by atoms with E-state index in [0.717, 1.165) is 17.0 Å². The van der Waals surface area contributed by atoms with Gasteiger partial charge in [-0.1, -0.05) is 12.1 Å². The normalized spacial score (nSPS) is 10.6. The Morgan fingerprint density at radius 1 is 1.11 bits per heavy atom. The molecule has 0 aliphatic rings. The number of imidazole rings is 1. The van der Waals surface area contributed by atoms with Crippen molar-refractivity contribution in [3.8, 4) is 17.3 Å². The lowest BCUT2D eigenvalue weighted by molar-refractivity contribution is 0.925. The third-order valence-electron chi connectivity index (χ3n) is 2.77. The number of nitrogens with two attached hydrogens (primary N) is 1. The molecule has 0 atom stereocenters. The second-order valence-corrected chi connectivity index (χ2v) is 4.31. The van der Waals surface area contributed by atoms with Gasteiger partial charge in [-0.05, 0) is 24.6 Å². The van der Waals surface area contributed by atoms with Crippen molar-refractivity contribution in [2.75, 3.05) is 5.73 Å². The minimum atomic E-state index is 0.598. The van der Waals surface area contributed by atoms with Gasteiger partial charge in [0, 0.05) is 36.0 Å². The zero-order valence-corrected chi connectivity index (χ0v) is 10.5. The van der Waals surface area contributed by atoms with Gasteiger partial charge in [0.15, 0.2) is 0 Å². The van der Waals surface area contributed by atoms with Crippen LogP contribution in [0.5, 0.6) is 0 Å². The lowest BCUT2D eigenvalue weighted by Gasteiger charge is -2.06. The van der Waals surface area contributed by atoms with E-state index in [-0.39, 0.29) is 0 Å². The van der Waals surface area contributed by atoms with Gasteiger partial charge in [0.05, 0.1) is 0 Å². The maximum absolute atomic E-state index is 5.81. The SMILES string of the molecule is Cc1cnc(-n2ccnc2-c2cccc(N)c2)nc1. The molecule has 0 amide bonds. The molecular weight excluding hydrogens is 238 g/mol. The van der Waals surface area contributed by atoms with Crippen molar-refractivity contribution >= 4 is 5.69 Å². The van der Waals surface area contributed by atoms with E-state index >= 15 is 0 Å². The van der Waals surface area contributed by atoms with Crippen LogP contribution >= 0.6 is 0 Å². The van der Waals surface area contributed by atoms with Crippen LogP contribution < -0.4 is 5.73 Å². The largest absolute Gasteiger partial charge is 0.399 e. The van der Waals surface area contributed by atoms with Gasteiger partial charge in [0.2, 0.25) is 5.95 Å². The molecule has 3 aromatic rings. The first-order chi connectivity index (χ1) is 9.24. The van der Waals surface area contributed by atoms with Gasteiger partial charge in [-0.3, -0.25) is 4.57 Å². The third kappa shape index (κ3) is 2.18. The number of rotatable bonds is 2. The highest BCUT2D eigenvalue weighted by atomic mass is 15.2. The van der Waals surface area contributed by atoms with E-state index in [4.69, 9.17) is 5.73 Å². The molecule has 0 unspecified atom stereocenters. The summed E-state index contributed by atoms with van der Waals surface area (Å²) in [7, 11) is 0. The van der Waals surface area contributed by atoms with Gasteiger partial charge in [-0.25, -0.2) is 15.0 Å². The molecule has 5 heteroatoms. The van der Waals surface area contributed by atoms with Gasteiger partial charge in [0.1, 0.15) is 5.82 Å². The molecule has 2 N–H and O–H groups in total. The number of nitrogens with zero attached hydrogens (tertiary/aromatic N) is 4. The minimum Gasteiger partial charge on any atom is -0.399 e. The van der Waals surface area contributed by atoms with E-state index in [0.29, 0.717) is 11.6 Å². The molecule has 2 aromatic heterocycles. The Morgan fingerprint density at radius 2 is 1.89 bits per heavy atom. The van der Waals surface area contributed by atoms with E-state index in [1.54, 1.807) is 18.6 Å².